The molecule has 1 aromatic heterocycles. The van der Waals surface area contributed by atoms with Gasteiger partial charge in [0.05, 0.1) is 32.5 Å². The first-order valence-corrected chi connectivity index (χ1v) is 8.35. The Morgan fingerprint density at radius 3 is 2.52 bits per heavy atom. The van der Waals surface area contributed by atoms with Gasteiger partial charge in [0.15, 0.2) is 0 Å². The molecule has 0 unspecified atom stereocenters. The summed E-state index contributed by atoms with van der Waals surface area (Å²) in [6.45, 7) is 1.82. The Morgan fingerprint density at radius 2 is 1.93 bits per heavy atom. The van der Waals surface area contributed by atoms with Crippen LogP contribution >= 0.6 is 23.2 Å². The van der Waals surface area contributed by atoms with Crippen LogP contribution in [0.25, 0.3) is 11.3 Å². The minimum atomic E-state index is -0.673. The van der Waals surface area contributed by atoms with Crippen LogP contribution < -0.4 is 5.32 Å². The smallest absolute Gasteiger partial charge is 0.271 e. The zero-order valence-corrected chi connectivity index (χ0v) is 15.3. The molecule has 0 aliphatic heterocycles. The molecule has 138 valence electrons. The molecule has 1 amide bonds. The van der Waals surface area contributed by atoms with E-state index in [1.54, 1.807) is 6.07 Å². The number of aryl methyl sites for hydroxylation is 1. The van der Waals surface area contributed by atoms with E-state index in [-0.39, 0.29) is 32.7 Å². The topological polar surface area (TPSA) is 106 Å². The summed E-state index contributed by atoms with van der Waals surface area (Å²) >= 11 is 12.2. The fourth-order valence-electron chi connectivity index (χ4n) is 2.47. The predicted molar refractivity (Wildman–Crippen MR) is 102 cm³/mol. The van der Waals surface area contributed by atoms with Gasteiger partial charge in [-0.1, -0.05) is 23.2 Å². The van der Waals surface area contributed by atoms with Crippen LogP contribution in [0.1, 0.15) is 15.9 Å². The number of hydrogen-bond acceptors (Lipinski definition) is 5. The molecule has 3 rings (SSSR count). The van der Waals surface area contributed by atoms with Crippen molar-refractivity contribution in [3.05, 3.63) is 73.9 Å². The number of carbonyl (C=O) groups excluding carboxylic acids is 1. The average Bonchev–Trinajstić information content (AvgIpc) is 3.03. The number of rotatable bonds is 4. The van der Waals surface area contributed by atoms with Crippen molar-refractivity contribution in [3.63, 3.8) is 0 Å². The number of non-ortho nitro benzene ring substituents is 1. The van der Waals surface area contributed by atoms with Crippen molar-refractivity contribution in [1.82, 2.24) is 0 Å². The molecule has 0 atom stereocenters. The molecule has 0 radical (unpaired) electrons. The number of furan rings is 1. The summed E-state index contributed by atoms with van der Waals surface area (Å²) < 4.78 is 5.36. The number of amides is 1. The Morgan fingerprint density at radius 1 is 1.19 bits per heavy atom. The molecule has 2 N–H and O–H groups in total. The lowest BCUT2D eigenvalue weighted by Gasteiger charge is -2.11. The molecule has 0 aliphatic rings. The Bertz CT molecular complexity index is 1060. The highest BCUT2D eigenvalue weighted by Gasteiger charge is 2.19. The number of phenolic OH excluding ortho intramolecular Hbond substituents is 1. The second kappa shape index (κ2) is 7.30. The molecule has 0 saturated heterocycles. The second-order valence-corrected chi connectivity index (χ2v) is 6.47. The molecule has 0 saturated carbocycles. The zero-order chi connectivity index (χ0) is 19.7. The van der Waals surface area contributed by atoms with Gasteiger partial charge in [-0.05, 0) is 36.8 Å². The Balaban J connectivity index is 1.91. The number of nitro benzene ring substituents is 1. The quantitative estimate of drug-likeness (QED) is 0.443. The van der Waals surface area contributed by atoms with Crippen molar-refractivity contribution in [2.75, 3.05) is 5.32 Å². The third-order valence-corrected chi connectivity index (χ3v) is 4.47. The maximum absolute atomic E-state index is 12.5. The van der Waals surface area contributed by atoms with Gasteiger partial charge in [-0.3, -0.25) is 14.9 Å². The van der Waals surface area contributed by atoms with Gasteiger partial charge in [-0.25, -0.2) is 0 Å². The van der Waals surface area contributed by atoms with Crippen LogP contribution in [0.15, 0.2) is 47.1 Å². The Kier molecular flexibility index (Phi) is 5.07. The van der Waals surface area contributed by atoms with Crippen LogP contribution in [-0.2, 0) is 0 Å². The molecule has 3 aromatic rings. The molecule has 7 nitrogen and oxygen atoms in total. The van der Waals surface area contributed by atoms with Gasteiger partial charge < -0.3 is 14.8 Å². The first-order valence-electron chi connectivity index (χ1n) is 7.60. The van der Waals surface area contributed by atoms with Crippen molar-refractivity contribution >= 4 is 40.5 Å². The first-order chi connectivity index (χ1) is 12.8. The van der Waals surface area contributed by atoms with Crippen molar-refractivity contribution in [1.29, 1.82) is 0 Å². The van der Waals surface area contributed by atoms with Crippen LogP contribution in [0, 0.1) is 17.0 Å². The number of nitrogens with zero attached hydrogens (tertiary/aromatic N) is 1. The van der Waals surface area contributed by atoms with E-state index >= 15 is 0 Å². The number of halogens is 2. The second-order valence-electron chi connectivity index (χ2n) is 5.66. The maximum atomic E-state index is 12.5. The summed E-state index contributed by atoms with van der Waals surface area (Å²) in [7, 11) is 0. The molecular weight excluding hydrogens is 395 g/mol. The van der Waals surface area contributed by atoms with E-state index in [0.717, 1.165) is 11.6 Å². The number of phenols is 1. The minimum Gasteiger partial charge on any atom is -0.507 e. The summed E-state index contributed by atoms with van der Waals surface area (Å²) in [6, 6.07) is 8.02. The van der Waals surface area contributed by atoms with Crippen LogP contribution in [0.3, 0.4) is 0 Å². The summed E-state index contributed by atoms with van der Waals surface area (Å²) in [5, 5.41) is 23.7. The van der Waals surface area contributed by atoms with Crippen molar-refractivity contribution in [2.45, 2.75) is 6.92 Å². The number of anilines is 1. The Labute approximate surface area is 163 Å². The molecule has 0 bridgehead atoms. The third-order valence-electron chi connectivity index (χ3n) is 3.85. The number of benzene rings is 2. The fourth-order valence-corrected chi connectivity index (χ4v) is 2.95. The molecule has 2 aromatic carbocycles. The molecule has 0 aliphatic carbocycles. The molecule has 27 heavy (non-hydrogen) atoms. The van der Waals surface area contributed by atoms with Gasteiger partial charge in [-0.2, -0.15) is 0 Å². The summed E-state index contributed by atoms with van der Waals surface area (Å²) in [5.41, 5.74) is 1.14. The highest BCUT2D eigenvalue weighted by Crippen LogP contribution is 2.36. The number of nitro groups is 1. The highest BCUT2D eigenvalue weighted by molar-refractivity contribution is 6.35. The first kappa shape index (κ1) is 18.8. The van der Waals surface area contributed by atoms with E-state index in [1.165, 1.54) is 30.5 Å². The van der Waals surface area contributed by atoms with E-state index in [2.05, 4.69) is 5.32 Å². The number of carbonyl (C=O) groups is 1. The lowest BCUT2D eigenvalue weighted by molar-refractivity contribution is -0.384. The largest absolute Gasteiger partial charge is 0.507 e. The van der Waals surface area contributed by atoms with Crippen LogP contribution in [-0.4, -0.2) is 15.9 Å². The van der Waals surface area contributed by atoms with Gasteiger partial charge in [0.2, 0.25) is 0 Å². The van der Waals surface area contributed by atoms with Crippen LogP contribution in [0.4, 0.5) is 11.4 Å². The van der Waals surface area contributed by atoms with E-state index < -0.39 is 10.8 Å². The van der Waals surface area contributed by atoms with Crippen LogP contribution in [0.2, 0.25) is 10.0 Å². The SMILES string of the molecule is Cc1ccoc1-c1cc(O)c(C(=O)Nc2ccc([N+](=O)[O-])cc2Cl)cc1Cl. The van der Waals surface area contributed by atoms with Gasteiger partial charge in [-0.15, -0.1) is 0 Å². The predicted octanol–water partition coefficient (Wildman–Crippen LogP) is 5.43. The molecule has 0 fully saturated rings. The average molecular weight is 407 g/mol. The number of aromatic hydroxyl groups is 1. The number of nitrogens with one attached hydrogen (secondary N) is 1. The van der Waals surface area contributed by atoms with Crippen LogP contribution in [0.5, 0.6) is 5.75 Å². The molecular formula is C18H12Cl2N2O5. The van der Waals surface area contributed by atoms with Gasteiger partial charge in [0.25, 0.3) is 11.6 Å². The molecule has 9 heteroatoms. The summed E-state index contributed by atoms with van der Waals surface area (Å²) in [5.74, 6) is -0.491. The highest BCUT2D eigenvalue weighted by atomic mass is 35.5. The molecule has 1 heterocycles. The van der Waals surface area contributed by atoms with E-state index in [0.29, 0.717) is 11.3 Å². The lowest BCUT2D eigenvalue weighted by Crippen LogP contribution is -2.12. The summed E-state index contributed by atoms with van der Waals surface area (Å²) in [4.78, 5) is 22.6. The van der Waals surface area contributed by atoms with E-state index in [4.69, 9.17) is 27.6 Å². The molecule has 0 spiro atoms. The van der Waals surface area contributed by atoms with Crippen molar-refractivity contribution in [2.24, 2.45) is 0 Å². The standard InChI is InChI=1S/C18H12Cl2N2O5/c1-9-4-5-27-17(9)11-8-16(23)12(7-13(11)19)18(24)21-15-3-2-10(22(25)26)6-14(15)20/h2-8,23H,1H3,(H,21,24). The van der Waals surface area contributed by atoms with Gasteiger partial charge in [0, 0.05) is 17.7 Å². The van der Waals surface area contributed by atoms with E-state index in [9.17, 15) is 20.0 Å². The maximum Gasteiger partial charge on any atom is 0.271 e. The number of hydrogen-bond donors (Lipinski definition) is 2. The summed E-state index contributed by atoms with van der Waals surface area (Å²) in [6.07, 6.45) is 1.50. The Hall–Kier alpha value is -3.03. The zero-order valence-electron chi connectivity index (χ0n) is 13.8. The van der Waals surface area contributed by atoms with Gasteiger partial charge >= 0.3 is 0 Å². The minimum absolute atomic E-state index is 0.00836. The van der Waals surface area contributed by atoms with Gasteiger partial charge in [0.1, 0.15) is 11.5 Å². The monoisotopic (exact) mass is 406 g/mol. The lowest BCUT2D eigenvalue weighted by atomic mass is 10.1. The third kappa shape index (κ3) is 3.74. The normalized spacial score (nSPS) is 10.6. The van der Waals surface area contributed by atoms with Crippen molar-refractivity contribution < 1.29 is 19.2 Å². The fraction of sp³-hybridized carbons (Fsp3) is 0.0556. The van der Waals surface area contributed by atoms with Crippen molar-refractivity contribution in [3.8, 4) is 17.1 Å². The van der Waals surface area contributed by atoms with E-state index in [1.807, 2.05) is 6.92 Å².